The molecule has 0 saturated carbocycles. The van der Waals surface area contributed by atoms with Crippen LogP contribution in [-0.4, -0.2) is 61.1 Å². The zero-order valence-electron chi connectivity index (χ0n) is 28.2. The van der Waals surface area contributed by atoms with Crippen molar-refractivity contribution in [2.45, 2.75) is 52.2 Å². The molecule has 1 fully saturated rings. The van der Waals surface area contributed by atoms with Gasteiger partial charge in [0, 0.05) is 61.0 Å². The standard InChI is InChI=1S/C38H48N8O2/c1-5-31(25(2)3)36(46-38(44-24-39-4)43-22-29-16-18-40-23-34(29)47)42-21-28-12-8-9-13-32(28)35-33-15-14-30(20-27(33)17-19-41-35)45-37(48)26-10-6-7-11-26/h5,8-10,12-15,17,19-20,24-25,29,34,40,42,47H,1,6-7,11,16,18,21-23H2,2-4H3,(H,45,48)(H2,39,43,44,46)/b36-31-/t29?,34-/m0/s1. The average Bonchev–Trinajstić information content (AvgIpc) is 3.64. The highest BCUT2D eigenvalue weighted by molar-refractivity contribution is 6.05. The van der Waals surface area contributed by atoms with E-state index in [4.69, 9.17) is 9.98 Å². The summed E-state index contributed by atoms with van der Waals surface area (Å²) in [7, 11) is 1.70. The number of allylic oxidation sites excluding steroid dienone is 3. The van der Waals surface area contributed by atoms with Crippen molar-refractivity contribution in [2.75, 3.05) is 32.0 Å². The van der Waals surface area contributed by atoms with E-state index in [1.54, 1.807) is 13.4 Å². The fourth-order valence-electron chi connectivity index (χ4n) is 6.18. The molecule has 5 rings (SSSR count). The van der Waals surface area contributed by atoms with Crippen LogP contribution in [0.1, 0.15) is 45.1 Å². The van der Waals surface area contributed by atoms with Crippen molar-refractivity contribution in [3.63, 3.8) is 0 Å². The molecule has 3 aromatic rings. The number of aliphatic imine (C=N–C) groups is 2. The summed E-state index contributed by atoms with van der Waals surface area (Å²) in [5.74, 6) is 1.54. The van der Waals surface area contributed by atoms with E-state index in [1.807, 2.05) is 54.7 Å². The van der Waals surface area contributed by atoms with Crippen molar-refractivity contribution in [1.82, 2.24) is 26.3 Å². The summed E-state index contributed by atoms with van der Waals surface area (Å²) < 4.78 is 0. The molecule has 10 heteroatoms. The number of aliphatic hydroxyl groups excluding tert-OH is 1. The molecule has 1 saturated heterocycles. The van der Waals surface area contributed by atoms with Gasteiger partial charge in [0.2, 0.25) is 5.96 Å². The largest absolute Gasteiger partial charge is 0.391 e. The SMILES string of the molecule is C=C/C(=C(\NCc1ccccc1-c1nccc2cc(NC(=O)C3=CCCC3)ccc12)NC(=NCC1CCNC[C@@H]1O)NC=NC)C(C)C. The highest BCUT2D eigenvalue weighted by Crippen LogP contribution is 2.31. The van der Waals surface area contributed by atoms with Crippen LogP contribution in [-0.2, 0) is 11.3 Å². The molecular weight excluding hydrogens is 600 g/mol. The summed E-state index contributed by atoms with van der Waals surface area (Å²) in [6.07, 6.45) is 10.6. The van der Waals surface area contributed by atoms with E-state index in [0.29, 0.717) is 25.6 Å². The zero-order chi connectivity index (χ0) is 33.9. The Morgan fingerprint density at radius 1 is 1.21 bits per heavy atom. The van der Waals surface area contributed by atoms with E-state index in [1.165, 1.54) is 0 Å². The minimum atomic E-state index is -0.435. The van der Waals surface area contributed by atoms with Crippen molar-refractivity contribution in [3.05, 3.63) is 96.0 Å². The number of rotatable bonds is 12. The monoisotopic (exact) mass is 648 g/mol. The van der Waals surface area contributed by atoms with Gasteiger partial charge >= 0.3 is 0 Å². The van der Waals surface area contributed by atoms with E-state index in [2.05, 4.69) is 64.1 Å². The van der Waals surface area contributed by atoms with Gasteiger partial charge in [-0.3, -0.25) is 19.8 Å². The Kier molecular flexibility index (Phi) is 12.1. The van der Waals surface area contributed by atoms with Gasteiger partial charge < -0.3 is 31.7 Å². The number of guanidine groups is 1. The molecule has 1 unspecified atom stereocenters. The maximum atomic E-state index is 12.7. The molecule has 1 aliphatic heterocycles. The lowest BCUT2D eigenvalue weighted by atomic mass is 9.95. The highest BCUT2D eigenvalue weighted by atomic mass is 16.3. The molecule has 0 spiro atoms. The predicted molar refractivity (Wildman–Crippen MR) is 197 cm³/mol. The number of β-amino-alcohol motifs (C(OH)–C–C–N with tert-alkyl or cyclic N) is 1. The molecule has 0 radical (unpaired) electrons. The summed E-state index contributed by atoms with van der Waals surface area (Å²) in [5.41, 5.74) is 5.58. The maximum absolute atomic E-state index is 12.7. The molecule has 6 N–H and O–H groups in total. The molecule has 48 heavy (non-hydrogen) atoms. The number of carbonyl (C=O) groups is 1. The molecule has 2 heterocycles. The second-order valence-electron chi connectivity index (χ2n) is 12.5. The third-order valence-electron chi connectivity index (χ3n) is 8.86. The van der Waals surface area contributed by atoms with Crippen molar-refractivity contribution in [1.29, 1.82) is 0 Å². The summed E-state index contributed by atoms with van der Waals surface area (Å²) in [6.45, 7) is 10.8. The lowest BCUT2D eigenvalue weighted by Crippen LogP contribution is -2.44. The Bertz CT molecular complexity index is 1720. The number of amides is 1. The van der Waals surface area contributed by atoms with Crippen molar-refractivity contribution in [2.24, 2.45) is 21.8 Å². The van der Waals surface area contributed by atoms with Gasteiger partial charge in [0.1, 0.15) is 5.82 Å². The minimum Gasteiger partial charge on any atom is -0.391 e. The number of aliphatic hydroxyl groups is 1. The van der Waals surface area contributed by atoms with E-state index < -0.39 is 6.10 Å². The number of fused-ring (bicyclic) bond motifs is 1. The Balaban J connectivity index is 1.40. The van der Waals surface area contributed by atoms with Crippen LogP contribution < -0.4 is 26.6 Å². The maximum Gasteiger partial charge on any atom is 0.251 e. The van der Waals surface area contributed by atoms with Crippen LogP contribution in [0.3, 0.4) is 0 Å². The number of pyridine rings is 1. The summed E-state index contributed by atoms with van der Waals surface area (Å²) in [6, 6.07) is 16.2. The quantitative estimate of drug-likeness (QED) is 0.0897. The minimum absolute atomic E-state index is 0.0235. The van der Waals surface area contributed by atoms with Crippen molar-refractivity contribution >= 4 is 34.7 Å². The number of aromatic nitrogens is 1. The molecule has 1 aromatic heterocycles. The van der Waals surface area contributed by atoms with Gasteiger partial charge in [-0.2, -0.15) is 0 Å². The molecule has 2 aliphatic rings. The van der Waals surface area contributed by atoms with Gasteiger partial charge in [0.05, 0.1) is 18.1 Å². The number of nitrogens with one attached hydrogen (secondary N) is 5. The van der Waals surface area contributed by atoms with Gasteiger partial charge in [-0.25, -0.2) is 0 Å². The van der Waals surface area contributed by atoms with Crippen LogP contribution in [0, 0.1) is 11.8 Å². The van der Waals surface area contributed by atoms with E-state index in [0.717, 1.165) is 82.5 Å². The summed E-state index contributed by atoms with van der Waals surface area (Å²) >= 11 is 0. The topological polar surface area (TPSA) is 135 Å². The van der Waals surface area contributed by atoms with Crippen molar-refractivity contribution < 1.29 is 9.90 Å². The van der Waals surface area contributed by atoms with Crippen LogP contribution in [0.2, 0.25) is 0 Å². The lowest BCUT2D eigenvalue weighted by Gasteiger charge is -2.27. The molecule has 10 nitrogen and oxygen atoms in total. The Morgan fingerprint density at radius 3 is 2.81 bits per heavy atom. The number of carbonyl (C=O) groups excluding carboxylic acids is 1. The van der Waals surface area contributed by atoms with Gasteiger partial charge in [-0.15, -0.1) is 0 Å². The Morgan fingerprint density at radius 2 is 2.06 bits per heavy atom. The third-order valence-corrected chi connectivity index (χ3v) is 8.86. The number of hydrogen-bond donors (Lipinski definition) is 6. The number of anilines is 1. The number of benzene rings is 2. The Labute approximate surface area is 283 Å². The summed E-state index contributed by atoms with van der Waals surface area (Å²) in [4.78, 5) is 26.4. The molecule has 252 valence electrons. The number of nitrogens with zero attached hydrogens (tertiary/aromatic N) is 3. The van der Waals surface area contributed by atoms with Crippen LogP contribution in [0.25, 0.3) is 22.0 Å². The lowest BCUT2D eigenvalue weighted by molar-refractivity contribution is -0.112. The van der Waals surface area contributed by atoms with Crippen LogP contribution >= 0.6 is 0 Å². The van der Waals surface area contributed by atoms with Gasteiger partial charge in [-0.1, -0.05) is 62.9 Å². The fraction of sp³-hybridized carbons (Fsp3) is 0.368. The molecule has 2 atom stereocenters. The van der Waals surface area contributed by atoms with Crippen LogP contribution in [0.5, 0.6) is 0 Å². The molecular formula is C38H48N8O2. The van der Waals surface area contributed by atoms with Gasteiger partial charge in [0.25, 0.3) is 5.91 Å². The van der Waals surface area contributed by atoms with E-state index in [-0.39, 0.29) is 17.7 Å². The predicted octanol–water partition coefficient (Wildman–Crippen LogP) is 5.26. The number of piperidine rings is 1. The molecule has 1 amide bonds. The second-order valence-corrected chi connectivity index (χ2v) is 12.5. The van der Waals surface area contributed by atoms with E-state index in [9.17, 15) is 9.90 Å². The molecule has 0 bridgehead atoms. The third kappa shape index (κ3) is 8.76. The van der Waals surface area contributed by atoms with Crippen molar-refractivity contribution in [3.8, 4) is 11.3 Å². The first-order valence-corrected chi connectivity index (χ1v) is 16.8. The second kappa shape index (κ2) is 16.9. The Hall–Kier alpha value is -4.80. The number of hydrogen-bond acceptors (Lipinski definition) is 7. The highest BCUT2D eigenvalue weighted by Gasteiger charge is 2.23. The zero-order valence-corrected chi connectivity index (χ0v) is 28.2. The van der Waals surface area contributed by atoms with E-state index >= 15 is 0 Å². The summed E-state index contributed by atoms with van der Waals surface area (Å²) in [5, 5.41) is 29.0. The van der Waals surface area contributed by atoms with Gasteiger partial charge in [0.15, 0.2) is 0 Å². The van der Waals surface area contributed by atoms with Gasteiger partial charge in [-0.05, 0) is 72.9 Å². The smallest absolute Gasteiger partial charge is 0.251 e. The normalized spacial score (nSPS) is 18.9. The molecule has 2 aromatic carbocycles. The van der Waals surface area contributed by atoms with Crippen LogP contribution in [0.4, 0.5) is 5.69 Å². The first kappa shape index (κ1) is 34.5. The first-order valence-electron chi connectivity index (χ1n) is 16.8. The van der Waals surface area contributed by atoms with Crippen LogP contribution in [0.15, 0.2) is 100 Å². The average molecular weight is 649 g/mol. The fourth-order valence-corrected chi connectivity index (χ4v) is 6.18. The molecule has 1 aliphatic carbocycles. The first-order chi connectivity index (χ1) is 23.4.